The summed E-state index contributed by atoms with van der Waals surface area (Å²) < 4.78 is 0. The van der Waals surface area contributed by atoms with E-state index < -0.39 is 5.60 Å². The molecule has 5 heteroatoms. The van der Waals surface area contributed by atoms with Gasteiger partial charge in [0, 0.05) is 23.7 Å². The van der Waals surface area contributed by atoms with Gasteiger partial charge in [-0.15, -0.1) is 11.3 Å². The van der Waals surface area contributed by atoms with Gasteiger partial charge in [0.25, 0.3) is 0 Å². The maximum absolute atomic E-state index is 10.3. The number of anilines is 2. The number of aromatic nitrogens is 1. The van der Waals surface area contributed by atoms with Crippen LogP contribution in [0.25, 0.3) is 0 Å². The van der Waals surface area contributed by atoms with Crippen LogP contribution in [0.1, 0.15) is 32.4 Å². The Balaban J connectivity index is 1.64. The van der Waals surface area contributed by atoms with E-state index in [0.29, 0.717) is 0 Å². The SMILES string of the molecule is CC(C)(O)C1CCCN1Cc1csc(Nc2ccccc2)n1. The molecule has 0 aliphatic carbocycles. The molecule has 1 aliphatic rings. The van der Waals surface area contributed by atoms with Gasteiger partial charge in [-0.3, -0.25) is 4.90 Å². The molecule has 1 saturated heterocycles. The van der Waals surface area contributed by atoms with Gasteiger partial charge in [-0.2, -0.15) is 0 Å². The predicted octanol–water partition coefficient (Wildman–Crippen LogP) is 3.62. The van der Waals surface area contributed by atoms with E-state index in [9.17, 15) is 5.11 Å². The third-order valence-electron chi connectivity index (χ3n) is 4.12. The minimum absolute atomic E-state index is 0.222. The minimum atomic E-state index is -0.655. The summed E-state index contributed by atoms with van der Waals surface area (Å²) in [7, 11) is 0. The van der Waals surface area contributed by atoms with Gasteiger partial charge >= 0.3 is 0 Å². The molecule has 3 rings (SSSR count). The van der Waals surface area contributed by atoms with Gasteiger partial charge in [-0.1, -0.05) is 18.2 Å². The van der Waals surface area contributed by atoms with Crippen LogP contribution < -0.4 is 5.32 Å². The molecule has 0 bridgehead atoms. The highest BCUT2D eigenvalue weighted by Crippen LogP contribution is 2.29. The van der Waals surface area contributed by atoms with Crippen LogP contribution in [0.4, 0.5) is 10.8 Å². The first kappa shape index (κ1) is 15.5. The molecule has 0 amide bonds. The van der Waals surface area contributed by atoms with E-state index in [0.717, 1.165) is 42.4 Å². The zero-order valence-corrected chi connectivity index (χ0v) is 13.9. The molecule has 0 spiro atoms. The van der Waals surface area contributed by atoms with E-state index in [-0.39, 0.29) is 6.04 Å². The Labute approximate surface area is 135 Å². The van der Waals surface area contributed by atoms with Gasteiger partial charge in [-0.25, -0.2) is 4.98 Å². The molecule has 4 nitrogen and oxygen atoms in total. The van der Waals surface area contributed by atoms with Crippen molar-refractivity contribution in [2.24, 2.45) is 0 Å². The topological polar surface area (TPSA) is 48.4 Å². The summed E-state index contributed by atoms with van der Waals surface area (Å²) in [5, 5.41) is 16.6. The van der Waals surface area contributed by atoms with E-state index in [4.69, 9.17) is 0 Å². The van der Waals surface area contributed by atoms with Crippen LogP contribution >= 0.6 is 11.3 Å². The van der Waals surface area contributed by atoms with Crippen molar-refractivity contribution in [3.63, 3.8) is 0 Å². The van der Waals surface area contributed by atoms with Gasteiger partial charge in [0.15, 0.2) is 5.13 Å². The molecule has 1 aromatic heterocycles. The maximum Gasteiger partial charge on any atom is 0.187 e. The average molecular weight is 317 g/mol. The molecule has 118 valence electrons. The minimum Gasteiger partial charge on any atom is -0.389 e. The zero-order chi connectivity index (χ0) is 15.6. The number of thiazole rings is 1. The number of likely N-dealkylation sites (tertiary alicyclic amines) is 1. The number of rotatable bonds is 5. The van der Waals surface area contributed by atoms with E-state index >= 15 is 0 Å². The highest BCUT2D eigenvalue weighted by molar-refractivity contribution is 7.13. The monoisotopic (exact) mass is 317 g/mol. The van der Waals surface area contributed by atoms with Crippen LogP contribution in [0.2, 0.25) is 0 Å². The van der Waals surface area contributed by atoms with E-state index in [1.807, 2.05) is 44.2 Å². The van der Waals surface area contributed by atoms with Crippen LogP contribution in [0.15, 0.2) is 35.7 Å². The fourth-order valence-electron chi connectivity index (χ4n) is 3.11. The lowest BCUT2D eigenvalue weighted by molar-refractivity contribution is -0.00530. The first-order valence-corrected chi connectivity index (χ1v) is 8.63. The molecule has 1 aliphatic heterocycles. The van der Waals surface area contributed by atoms with Crippen LogP contribution in [-0.4, -0.2) is 33.2 Å². The first-order valence-electron chi connectivity index (χ1n) is 7.75. The van der Waals surface area contributed by atoms with Gasteiger partial charge < -0.3 is 10.4 Å². The van der Waals surface area contributed by atoms with Crippen molar-refractivity contribution < 1.29 is 5.11 Å². The highest BCUT2D eigenvalue weighted by atomic mass is 32.1. The van der Waals surface area contributed by atoms with Crippen molar-refractivity contribution in [1.29, 1.82) is 0 Å². The fourth-order valence-corrected chi connectivity index (χ4v) is 3.83. The Morgan fingerprint density at radius 2 is 2.14 bits per heavy atom. The molecule has 22 heavy (non-hydrogen) atoms. The summed E-state index contributed by atoms with van der Waals surface area (Å²) in [6.07, 6.45) is 2.21. The Kier molecular flexibility index (Phi) is 4.47. The second kappa shape index (κ2) is 6.36. The predicted molar refractivity (Wildman–Crippen MR) is 91.6 cm³/mol. The highest BCUT2D eigenvalue weighted by Gasteiger charge is 2.35. The number of benzene rings is 1. The Hall–Kier alpha value is -1.43. The molecule has 2 N–H and O–H groups in total. The van der Waals surface area contributed by atoms with Crippen molar-refractivity contribution in [2.45, 2.75) is 44.9 Å². The molecule has 1 unspecified atom stereocenters. The normalized spacial score (nSPS) is 19.5. The summed E-state index contributed by atoms with van der Waals surface area (Å²) in [4.78, 5) is 7.02. The fraction of sp³-hybridized carbons (Fsp3) is 0.471. The summed E-state index contributed by atoms with van der Waals surface area (Å²) in [6, 6.07) is 10.3. The second-order valence-corrected chi connectivity index (χ2v) is 7.28. The first-order chi connectivity index (χ1) is 10.5. The second-order valence-electron chi connectivity index (χ2n) is 6.42. The van der Waals surface area contributed by atoms with Crippen molar-refractivity contribution >= 4 is 22.2 Å². The van der Waals surface area contributed by atoms with Crippen LogP contribution in [0.5, 0.6) is 0 Å². The molecule has 1 aromatic carbocycles. The lowest BCUT2D eigenvalue weighted by atomic mass is 9.96. The van der Waals surface area contributed by atoms with E-state index in [1.165, 1.54) is 0 Å². The molecule has 1 fully saturated rings. The smallest absolute Gasteiger partial charge is 0.187 e. The summed E-state index contributed by atoms with van der Waals surface area (Å²) in [5.41, 5.74) is 1.47. The van der Waals surface area contributed by atoms with Crippen LogP contribution in [-0.2, 0) is 6.54 Å². The average Bonchev–Trinajstić information content (AvgIpc) is 3.09. The molecule has 1 atom stereocenters. The Morgan fingerprint density at radius 1 is 1.36 bits per heavy atom. The molecular weight excluding hydrogens is 294 g/mol. The number of nitrogens with one attached hydrogen (secondary N) is 1. The van der Waals surface area contributed by atoms with Crippen molar-refractivity contribution in [1.82, 2.24) is 9.88 Å². The molecule has 2 aromatic rings. The molecular formula is C17H23N3OS. The zero-order valence-electron chi connectivity index (χ0n) is 13.1. The van der Waals surface area contributed by atoms with Crippen LogP contribution in [0, 0.1) is 0 Å². The number of hydrogen-bond acceptors (Lipinski definition) is 5. The van der Waals surface area contributed by atoms with Gasteiger partial charge in [-0.05, 0) is 45.4 Å². The lowest BCUT2D eigenvalue weighted by Gasteiger charge is -2.33. The number of nitrogens with zero attached hydrogens (tertiary/aromatic N) is 2. The third kappa shape index (κ3) is 3.66. The summed E-state index contributed by atoms with van der Waals surface area (Å²) in [5.74, 6) is 0. The van der Waals surface area contributed by atoms with Crippen molar-refractivity contribution in [3.05, 3.63) is 41.4 Å². The lowest BCUT2D eigenvalue weighted by Crippen LogP contribution is -2.45. The van der Waals surface area contributed by atoms with Crippen molar-refractivity contribution in [3.8, 4) is 0 Å². The Morgan fingerprint density at radius 3 is 2.86 bits per heavy atom. The van der Waals surface area contributed by atoms with Gasteiger partial charge in [0.1, 0.15) is 0 Å². The Bertz CT molecular complexity index is 606. The third-order valence-corrected chi connectivity index (χ3v) is 4.93. The van der Waals surface area contributed by atoms with E-state index in [1.54, 1.807) is 11.3 Å². The summed E-state index contributed by atoms with van der Waals surface area (Å²) in [6.45, 7) is 5.65. The molecule has 0 radical (unpaired) electrons. The number of para-hydroxylation sites is 1. The largest absolute Gasteiger partial charge is 0.389 e. The van der Waals surface area contributed by atoms with Gasteiger partial charge in [0.2, 0.25) is 0 Å². The summed E-state index contributed by atoms with van der Waals surface area (Å²) >= 11 is 1.63. The van der Waals surface area contributed by atoms with Crippen molar-refractivity contribution in [2.75, 3.05) is 11.9 Å². The molecule has 2 heterocycles. The van der Waals surface area contributed by atoms with Crippen LogP contribution in [0.3, 0.4) is 0 Å². The number of hydrogen-bond donors (Lipinski definition) is 2. The standard InChI is InChI=1S/C17H23N3OS/c1-17(2,21)15-9-6-10-20(15)11-14-12-22-16(19-14)18-13-7-4-3-5-8-13/h3-5,7-8,12,15,21H,6,9-11H2,1-2H3,(H,18,19). The molecule has 0 saturated carbocycles. The maximum atomic E-state index is 10.3. The van der Waals surface area contributed by atoms with E-state index in [2.05, 4.69) is 20.6 Å². The number of aliphatic hydroxyl groups is 1. The quantitative estimate of drug-likeness (QED) is 0.884. The van der Waals surface area contributed by atoms with Gasteiger partial charge in [0.05, 0.1) is 11.3 Å².